The van der Waals surface area contributed by atoms with Crippen molar-refractivity contribution in [2.24, 2.45) is 0 Å². The van der Waals surface area contributed by atoms with Crippen LogP contribution in [0.15, 0.2) is 36.5 Å². The van der Waals surface area contributed by atoms with Gasteiger partial charge in [-0.05, 0) is 30.7 Å². The molecule has 2 aromatic rings. The Balaban J connectivity index is 2.53. The van der Waals surface area contributed by atoms with Crippen molar-refractivity contribution in [1.82, 2.24) is 4.98 Å². The van der Waals surface area contributed by atoms with Crippen molar-refractivity contribution in [2.75, 3.05) is 12.8 Å². The van der Waals surface area contributed by atoms with Crippen LogP contribution in [-0.2, 0) is 0 Å². The van der Waals surface area contributed by atoms with Gasteiger partial charge < -0.3 is 10.5 Å². The average Bonchev–Trinajstić information content (AvgIpc) is 2.32. The predicted molar refractivity (Wildman–Crippen MR) is 65.4 cm³/mol. The molecule has 2 rings (SSSR count). The Kier molecular flexibility index (Phi) is 2.77. The molecule has 0 bridgehead atoms. The summed E-state index contributed by atoms with van der Waals surface area (Å²) in [4.78, 5) is 4.32. The number of benzene rings is 1. The van der Waals surface area contributed by atoms with Gasteiger partial charge in [-0.3, -0.25) is 4.98 Å². The van der Waals surface area contributed by atoms with Crippen molar-refractivity contribution in [3.63, 3.8) is 0 Å². The summed E-state index contributed by atoms with van der Waals surface area (Å²) >= 11 is 0. The number of aromatic nitrogens is 1. The van der Waals surface area contributed by atoms with Crippen molar-refractivity contribution in [2.45, 2.75) is 6.92 Å². The first-order valence-corrected chi connectivity index (χ1v) is 5.07. The van der Waals surface area contributed by atoms with Gasteiger partial charge in [0.2, 0.25) is 0 Å². The fourth-order valence-electron chi connectivity index (χ4n) is 1.60. The maximum atomic E-state index is 5.78. The van der Waals surface area contributed by atoms with Crippen LogP contribution in [0, 0.1) is 6.92 Å². The summed E-state index contributed by atoms with van der Waals surface area (Å²) in [5.74, 6) is 0.798. The first kappa shape index (κ1) is 10.5. The lowest BCUT2D eigenvalue weighted by molar-refractivity contribution is 0.414. The van der Waals surface area contributed by atoms with Crippen LogP contribution in [0.3, 0.4) is 0 Å². The second-order valence-corrected chi connectivity index (χ2v) is 3.66. The number of hydrogen-bond donors (Lipinski definition) is 1. The normalized spacial score (nSPS) is 10.1. The van der Waals surface area contributed by atoms with E-state index in [1.54, 1.807) is 13.3 Å². The molecular formula is C13H14N2O. The summed E-state index contributed by atoms with van der Waals surface area (Å²) in [7, 11) is 1.64. The molecule has 1 aromatic carbocycles. The molecule has 0 aliphatic carbocycles. The van der Waals surface area contributed by atoms with Gasteiger partial charge in [-0.2, -0.15) is 0 Å². The number of anilines is 1. The largest absolute Gasteiger partial charge is 0.497 e. The molecule has 1 heterocycles. The molecule has 0 fully saturated rings. The number of pyridine rings is 1. The summed E-state index contributed by atoms with van der Waals surface area (Å²) in [5.41, 5.74) is 9.58. The van der Waals surface area contributed by atoms with Gasteiger partial charge in [-0.15, -0.1) is 0 Å². The van der Waals surface area contributed by atoms with E-state index in [1.165, 1.54) is 0 Å². The van der Waals surface area contributed by atoms with Gasteiger partial charge in [0.1, 0.15) is 5.75 Å². The van der Waals surface area contributed by atoms with Gasteiger partial charge >= 0.3 is 0 Å². The summed E-state index contributed by atoms with van der Waals surface area (Å²) in [6.07, 6.45) is 1.73. The summed E-state index contributed by atoms with van der Waals surface area (Å²) in [5, 5.41) is 0. The zero-order valence-electron chi connectivity index (χ0n) is 9.40. The first-order chi connectivity index (χ1) is 7.70. The third kappa shape index (κ3) is 1.98. The smallest absolute Gasteiger partial charge is 0.122 e. The Labute approximate surface area is 94.9 Å². The molecule has 3 heteroatoms. The van der Waals surface area contributed by atoms with Gasteiger partial charge in [0.15, 0.2) is 0 Å². The lowest BCUT2D eigenvalue weighted by atomic mass is 10.0. The first-order valence-electron chi connectivity index (χ1n) is 5.07. The van der Waals surface area contributed by atoms with E-state index in [2.05, 4.69) is 4.98 Å². The van der Waals surface area contributed by atoms with E-state index >= 15 is 0 Å². The van der Waals surface area contributed by atoms with Crippen molar-refractivity contribution in [3.8, 4) is 17.0 Å². The lowest BCUT2D eigenvalue weighted by Crippen LogP contribution is -1.92. The van der Waals surface area contributed by atoms with Crippen LogP contribution in [0.5, 0.6) is 5.75 Å². The maximum absolute atomic E-state index is 5.78. The highest BCUT2D eigenvalue weighted by Crippen LogP contribution is 2.26. The minimum absolute atomic E-state index is 0.741. The van der Waals surface area contributed by atoms with Crippen LogP contribution >= 0.6 is 0 Å². The van der Waals surface area contributed by atoms with Gasteiger partial charge in [-0.1, -0.05) is 6.07 Å². The molecule has 0 spiro atoms. The summed E-state index contributed by atoms with van der Waals surface area (Å²) in [6.45, 7) is 2.04. The molecule has 0 amide bonds. The molecule has 0 unspecified atom stereocenters. The fraction of sp³-hybridized carbons (Fsp3) is 0.154. The van der Waals surface area contributed by atoms with E-state index in [1.807, 2.05) is 37.3 Å². The van der Waals surface area contributed by atoms with E-state index in [4.69, 9.17) is 10.5 Å². The van der Waals surface area contributed by atoms with Crippen LogP contribution in [0.1, 0.15) is 5.56 Å². The Morgan fingerprint density at radius 1 is 1.19 bits per heavy atom. The molecule has 1 aromatic heterocycles. The summed E-state index contributed by atoms with van der Waals surface area (Å²) in [6, 6.07) is 9.54. The average molecular weight is 214 g/mol. The van der Waals surface area contributed by atoms with Crippen LogP contribution < -0.4 is 10.5 Å². The Bertz CT molecular complexity index is 509. The quantitative estimate of drug-likeness (QED) is 0.782. The third-order valence-electron chi connectivity index (χ3n) is 2.50. The lowest BCUT2D eigenvalue weighted by Gasteiger charge is -2.07. The topological polar surface area (TPSA) is 48.1 Å². The van der Waals surface area contributed by atoms with E-state index in [-0.39, 0.29) is 0 Å². The van der Waals surface area contributed by atoms with Gasteiger partial charge in [-0.25, -0.2) is 0 Å². The van der Waals surface area contributed by atoms with E-state index in [9.17, 15) is 0 Å². The molecule has 0 atom stereocenters. The Morgan fingerprint density at radius 3 is 2.75 bits per heavy atom. The second kappa shape index (κ2) is 4.23. The standard InChI is InChI=1S/C13H14N2O/c1-9-3-4-10(14)7-12(9)13-8-11(16-2)5-6-15-13/h3-8H,14H2,1-2H3. The molecule has 0 saturated heterocycles. The van der Waals surface area contributed by atoms with Crippen molar-refractivity contribution < 1.29 is 4.74 Å². The van der Waals surface area contributed by atoms with Crippen molar-refractivity contribution in [1.29, 1.82) is 0 Å². The zero-order chi connectivity index (χ0) is 11.5. The molecule has 0 saturated carbocycles. The van der Waals surface area contributed by atoms with Crippen LogP contribution in [-0.4, -0.2) is 12.1 Å². The molecule has 2 N–H and O–H groups in total. The number of methoxy groups -OCH3 is 1. The van der Waals surface area contributed by atoms with Gasteiger partial charge in [0.25, 0.3) is 0 Å². The Morgan fingerprint density at radius 2 is 2.00 bits per heavy atom. The minimum atomic E-state index is 0.741. The van der Waals surface area contributed by atoms with Crippen LogP contribution in [0.25, 0.3) is 11.3 Å². The number of nitrogens with zero attached hydrogens (tertiary/aromatic N) is 1. The summed E-state index contributed by atoms with van der Waals surface area (Å²) < 4.78 is 5.18. The van der Waals surface area contributed by atoms with Crippen LogP contribution in [0.2, 0.25) is 0 Å². The Hall–Kier alpha value is -2.03. The number of nitrogens with two attached hydrogens (primary N) is 1. The van der Waals surface area contributed by atoms with Gasteiger partial charge in [0, 0.05) is 23.5 Å². The van der Waals surface area contributed by atoms with E-state index in [0.717, 1.165) is 28.3 Å². The van der Waals surface area contributed by atoms with Gasteiger partial charge in [0.05, 0.1) is 12.8 Å². The number of hydrogen-bond acceptors (Lipinski definition) is 3. The van der Waals surface area contributed by atoms with E-state index < -0.39 is 0 Å². The molecule has 16 heavy (non-hydrogen) atoms. The molecule has 0 radical (unpaired) electrons. The fourth-order valence-corrected chi connectivity index (χ4v) is 1.60. The monoisotopic (exact) mass is 214 g/mol. The number of rotatable bonds is 2. The van der Waals surface area contributed by atoms with Crippen LogP contribution in [0.4, 0.5) is 5.69 Å². The number of ether oxygens (including phenoxy) is 1. The molecular weight excluding hydrogens is 200 g/mol. The van der Waals surface area contributed by atoms with Crippen molar-refractivity contribution in [3.05, 3.63) is 42.1 Å². The molecule has 0 aliphatic heterocycles. The second-order valence-electron chi connectivity index (χ2n) is 3.66. The zero-order valence-corrected chi connectivity index (χ0v) is 9.40. The highest BCUT2D eigenvalue weighted by atomic mass is 16.5. The molecule has 0 aliphatic rings. The highest BCUT2D eigenvalue weighted by Gasteiger charge is 2.04. The number of nitrogen functional groups attached to an aromatic ring is 1. The highest BCUT2D eigenvalue weighted by molar-refractivity contribution is 5.68. The molecule has 82 valence electrons. The predicted octanol–water partition coefficient (Wildman–Crippen LogP) is 2.65. The SMILES string of the molecule is COc1ccnc(-c2cc(N)ccc2C)c1. The van der Waals surface area contributed by atoms with E-state index in [0.29, 0.717) is 0 Å². The van der Waals surface area contributed by atoms with Crippen molar-refractivity contribution >= 4 is 5.69 Å². The molecule has 3 nitrogen and oxygen atoms in total. The maximum Gasteiger partial charge on any atom is 0.122 e. The third-order valence-corrected chi connectivity index (χ3v) is 2.50. The number of aryl methyl sites for hydroxylation is 1. The minimum Gasteiger partial charge on any atom is -0.497 e.